The normalized spacial score (nSPS) is 10.9. The van der Waals surface area contributed by atoms with Gasteiger partial charge in [0.15, 0.2) is 0 Å². The second kappa shape index (κ2) is 3.98. The second-order valence-electron chi connectivity index (χ2n) is 3.69. The number of nitrogens with one attached hydrogen (secondary N) is 1. The minimum Gasteiger partial charge on any atom is -0.310 e. The van der Waals surface area contributed by atoms with Gasteiger partial charge in [0, 0.05) is 16.6 Å². The van der Waals surface area contributed by atoms with Crippen molar-refractivity contribution >= 4 is 11.3 Å². The van der Waals surface area contributed by atoms with Gasteiger partial charge in [-0.15, -0.1) is 0 Å². The van der Waals surface area contributed by atoms with Gasteiger partial charge >= 0.3 is 5.69 Å². The highest BCUT2D eigenvalue weighted by atomic mass is 32.1. The molecule has 3 nitrogen and oxygen atoms in total. The molecule has 0 radical (unpaired) electrons. The maximum absolute atomic E-state index is 11.3. The van der Waals surface area contributed by atoms with E-state index in [4.69, 9.17) is 0 Å². The van der Waals surface area contributed by atoms with E-state index in [-0.39, 0.29) is 5.69 Å². The molecule has 0 fully saturated rings. The fourth-order valence-electron chi connectivity index (χ4n) is 1.35. The van der Waals surface area contributed by atoms with Crippen molar-refractivity contribution in [2.24, 2.45) is 0 Å². The molecule has 2 aromatic heterocycles. The van der Waals surface area contributed by atoms with Crippen LogP contribution in [0.5, 0.6) is 0 Å². The van der Waals surface area contributed by atoms with Crippen LogP contribution in [0.15, 0.2) is 27.7 Å². The summed E-state index contributed by atoms with van der Waals surface area (Å²) in [5.74, 6) is 0.304. The molecule has 2 aromatic rings. The maximum atomic E-state index is 11.3. The van der Waals surface area contributed by atoms with Crippen molar-refractivity contribution in [2.75, 3.05) is 0 Å². The molecule has 0 aliphatic rings. The topological polar surface area (TPSA) is 45.8 Å². The summed E-state index contributed by atoms with van der Waals surface area (Å²) < 4.78 is 0. The van der Waals surface area contributed by atoms with E-state index in [1.807, 2.05) is 36.7 Å². The fraction of sp³-hybridized carbons (Fsp3) is 0.273. The van der Waals surface area contributed by atoms with Gasteiger partial charge < -0.3 is 4.98 Å². The van der Waals surface area contributed by atoms with Crippen LogP contribution in [0.3, 0.4) is 0 Å². The lowest BCUT2D eigenvalue weighted by Gasteiger charge is -2.05. The molecule has 0 saturated heterocycles. The molecule has 0 bridgehead atoms. The summed E-state index contributed by atoms with van der Waals surface area (Å²) >= 11 is 1.60. The molecule has 1 N–H and O–H groups in total. The predicted molar refractivity (Wildman–Crippen MR) is 62.3 cm³/mol. The van der Waals surface area contributed by atoms with Gasteiger partial charge in [-0.25, -0.2) is 4.79 Å². The SMILES string of the molecule is CC(C)c1cc(-c2ccsc2)nc(=O)[nH]1. The number of aromatic amines is 1. The van der Waals surface area contributed by atoms with Crippen molar-refractivity contribution in [3.05, 3.63) is 39.1 Å². The van der Waals surface area contributed by atoms with Crippen molar-refractivity contribution in [2.45, 2.75) is 19.8 Å². The van der Waals surface area contributed by atoms with E-state index in [1.54, 1.807) is 11.3 Å². The summed E-state index contributed by atoms with van der Waals surface area (Å²) in [4.78, 5) is 18.0. The second-order valence-corrected chi connectivity index (χ2v) is 4.47. The highest BCUT2D eigenvalue weighted by Crippen LogP contribution is 2.21. The Balaban J connectivity index is 2.54. The molecule has 0 saturated carbocycles. The lowest BCUT2D eigenvalue weighted by molar-refractivity contribution is 0.803. The van der Waals surface area contributed by atoms with Crippen molar-refractivity contribution in [3.8, 4) is 11.3 Å². The molecule has 0 amide bonds. The van der Waals surface area contributed by atoms with Gasteiger partial charge in [-0.1, -0.05) is 13.8 Å². The van der Waals surface area contributed by atoms with Crippen LogP contribution in [0, 0.1) is 0 Å². The number of aromatic nitrogens is 2. The van der Waals surface area contributed by atoms with Crippen LogP contribution in [-0.2, 0) is 0 Å². The van der Waals surface area contributed by atoms with Crippen LogP contribution < -0.4 is 5.69 Å². The zero-order valence-electron chi connectivity index (χ0n) is 8.65. The largest absolute Gasteiger partial charge is 0.345 e. The Bertz CT molecular complexity index is 500. The van der Waals surface area contributed by atoms with E-state index in [2.05, 4.69) is 9.97 Å². The monoisotopic (exact) mass is 220 g/mol. The summed E-state index contributed by atoms with van der Waals surface area (Å²) in [5.41, 5.74) is 2.41. The standard InChI is InChI=1S/C11H12N2OS/c1-7(2)9-5-10(13-11(14)12-9)8-3-4-15-6-8/h3-7H,1-2H3,(H,12,13,14). The molecular weight excluding hydrogens is 208 g/mol. The van der Waals surface area contributed by atoms with Gasteiger partial charge in [0.2, 0.25) is 0 Å². The summed E-state index contributed by atoms with van der Waals surface area (Å²) in [6.45, 7) is 4.09. The fourth-order valence-corrected chi connectivity index (χ4v) is 2.00. The van der Waals surface area contributed by atoms with E-state index in [1.165, 1.54) is 0 Å². The van der Waals surface area contributed by atoms with Gasteiger partial charge in [0.25, 0.3) is 0 Å². The molecule has 4 heteroatoms. The molecule has 2 heterocycles. The number of nitrogens with zero attached hydrogens (tertiary/aromatic N) is 1. The average Bonchev–Trinajstić information content (AvgIpc) is 2.69. The first-order chi connectivity index (χ1) is 7.16. The Hall–Kier alpha value is -1.42. The highest BCUT2D eigenvalue weighted by Gasteiger charge is 2.06. The Morgan fingerprint density at radius 1 is 1.47 bits per heavy atom. The smallest absolute Gasteiger partial charge is 0.310 e. The maximum Gasteiger partial charge on any atom is 0.345 e. The van der Waals surface area contributed by atoms with E-state index in [0.717, 1.165) is 17.0 Å². The molecule has 0 atom stereocenters. The third kappa shape index (κ3) is 2.15. The number of H-pyrrole nitrogens is 1. The van der Waals surface area contributed by atoms with Crippen LogP contribution in [0.2, 0.25) is 0 Å². The Labute approximate surface area is 91.8 Å². The first-order valence-electron chi connectivity index (χ1n) is 4.80. The summed E-state index contributed by atoms with van der Waals surface area (Å²) in [7, 11) is 0. The lowest BCUT2D eigenvalue weighted by atomic mass is 10.1. The number of hydrogen-bond acceptors (Lipinski definition) is 3. The Morgan fingerprint density at radius 3 is 2.87 bits per heavy atom. The number of rotatable bonds is 2. The van der Waals surface area contributed by atoms with E-state index >= 15 is 0 Å². The van der Waals surface area contributed by atoms with Crippen LogP contribution >= 0.6 is 11.3 Å². The number of hydrogen-bond donors (Lipinski definition) is 1. The third-order valence-corrected chi connectivity index (χ3v) is 2.89. The van der Waals surface area contributed by atoms with Crippen molar-refractivity contribution < 1.29 is 0 Å². The zero-order chi connectivity index (χ0) is 10.8. The molecule has 0 aliphatic carbocycles. The van der Waals surface area contributed by atoms with Crippen molar-refractivity contribution in [1.29, 1.82) is 0 Å². The van der Waals surface area contributed by atoms with Crippen molar-refractivity contribution in [3.63, 3.8) is 0 Å². The van der Waals surface area contributed by atoms with E-state index in [9.17, 15) is 4.79 Å². The molecular formula is C11H12N2OS. The summed E-state index contributed by atoms with van der Waals surface area (Å²) in [5, 5.41) is 3.97. The average molecular weight is 220 g/mol. The van der Waals surface area contributed by atoms with E-state index in [0.29, 0.717) is 5.92 Å². The van der Waals surface area contributed by atoms with Gasteiger partial charge in [0.1, 0.15) is 0 Å². The third-order valence-electron chi connectivity index (χ3n) is 2.20. The predicted octanol–water partition coefficient (Wildman–Crippen LogP) is 2.62. The van der Waals surface area contributed by atoms with Gasteiger partial charge in [-0.05, 0) is 23.4 Å². The molecule has 0 spiro atoms. The van der Waals surface area contributed by atoms with Crippen LogP contribution in [-0.4, -0.2) is 9.97 Å². The van der Waals surface area contributed by atoms with Crippen LogP contribution in [0.4, 0.5) is 0 Å². The van der Waals surface area contributed by atoms with Crippen LogP contribution in [0.1, 0.15) is 25.5 Å². The summed E-state index contributed by atoms with van der Waals surface area (Å²) in [6.07, 6.45) is 0. The molecule has 0 unspecified atom stereocenters. The Kier molecular flexibility index (Phi) is 2.68. The molecule has 2 rings (SSSR count). The number of thiophene rings is 1. The highest BCUT2D eigenvalue weighted by molar-refractivity contribution is 7.08. The van der Waals surface area contributed by atoms with Crippen molar-refractivity contribution in [1.82, 2.24) is 9.97 Å². The molecule has 0 aromatic carbocycles. The molecule has 15 heavy (non-hydrogen) atoms. The van der Waals surface area contributed by atoms with E-state index < -0.39 is 0 Å². The van der Waals surface area contributed by atoms with Gasteiger partial charge in [0.05, 0.1) is 5.69 Å². The van der Waals surface area contributed by atoms with Crippen LogP contribution in [0.25, 0.3) is 11.3 Å². The quantitative estimate of drug-likeness (QED) is 0.845. The molecule has 0 aliphatic heterocycles. The van der Waals surface area contributed by atoms with Gasteiger partial charge in [-0.3, -0.25) is 0 Å². The first-order valence-corrected chi connectivity index (χ1v) is 5.75. The van der Waals surface area contributed by atoms with Gasteiger partial charge in [-0.2, -0.15) is 16.3 Å². The molecule has 78 valence electrons. The first kappa shape index (κ1) is 10.1. The zero-order valence-corrected chi connectivity index (χ0v) is 9.47. The lowest BCUT2D eigenvalue weighted by Crippen LogP contribution is -2.14. The summed E-state index contributed by atoms with van der Waals surface area (Å²) in [6, 6.07) is 3.91. The minimum atomic E-state index is -0.276. The Morgan fingerprint density at radius 2 is 2.27 bits per heavy atom. The minimum absolute atomic E-state index is 0.276.